The Hall–Kier alpha value is -1.67. The highest BCUT2D eigenvalue weighted by Gasteiger charge is 2.21. The minimum Gasteiger partial charge on any atom is -0.480 e. The smallest absolute Gasteiger partial charge is 0.326 e. The molecule has 146 valence electrons. The van der Waals surface area contributed by atoms with Gasteiger partial charge in [0.15, 0.2) is 5.16 Å². The van der Waals surface area contributed by atoms with E-state index in [2.05, 4.69) is 15.3 Å². The molecule has 7 nitrogen and oxygen atoms in total. The summed E-state index contributed by atoms with van der Waals surface area (Å²) in [7, 11) is 0. The lowest BCUT2D eigenvalue weighted by Gasteiger charge is -2.21. The Morgan fingerprint density at radius 3 is 2.27 bits per heavy atom. The molecule has 1 heterocycles. The number of carbonyl (C=O) groups is 2. The number of aryl methyl sites for hydroxylation is 2. The number of nitrogens with one attached hydrogen (secondary N) is 1. The topological polar surface area (TPSA) is 101 Å². The molecule has 26 heavy (non-hydrogen) atoms. The molecule has 0 spiro atoms. The van der Waals surface area contributed by atoms with E-state index in [9.17, 15) is 14.7 Å². The van der Waals surface area contributed by atoms with Crippen molar-refractivity contribution >= 4 is 23.6 Å². The second-order valence-corrected chi connectivity index (χ2v) is 7.84. The van der Waals surface area contributed by atoms with Crippen LogP contribution in [0.15, 0.2) is 5.16 Å². The summed E-state index contributed by atoms with van der Waals surface area (Å²) in [6.45, 7) is 9.75. The Labute approximate surface area is 159 Å². The first-order valence-electron chi connectivity index (χ1n) is 8.57. The van der Waals surface area contributed by atoms with Crippen LogP contribution in [0.3, 0.4) is 0 Å². The second kappa shape index (κ2) is 9.87. The van der Waals surface area contributed by atoms with Gasteiger partial charge in [0.1, 0.15) is 6.04 Å². The number of carbonyl (C=O) groups excluding carboxylic acids is 1. The third-order valence-electron chi connectivity index (χ3n) is 3.76. The number of hydrogen-bond donors (Lipinski definition) is 2. The first-order chi connectivity index (χ1) is 12.0. The van der Waals surface area contributed by atoms with Crippen molar-refractivity contribution < 1.29 is 19.4 Å². The predicted molar refractivity (Wildman–Crippen MR) is 101 cm³/mol. The zero-order valence-electron chi connectivity index (χ0n) is 16.4. The number of carboxylic acids is 1. The maximum absolute atomic E-state index is 12.2. The van der Waals surface area contributed by atoms with E-state index in [1.54, 1.807) is 0 Å². The monoisotopic (exact) mass is 383 g/mol. The van der Waals surface area contributed by atoms with Crippen LogP contribution in [0, 0.1) is 13.8 Å². The Balaban J connectivity index is 2.60. The number of hydrogen-bond acceptors (Lipinski definition) is 6. The van der Waals surface area contributed by atoms with Gasteiger partial charge in [0.2, 0.25) is 5.91 Å². The van der Waals surface area contributed by atoms with E-state index in [-0.39, 0.29) is 31.0 Å². The van der Waals surface area contributed by atoms with Gasteiger partial charge in [0.05, 0.1) is 5.60 Å². The number of thioether (sulfide) groups is 1. The molecular formula is C18H29N3O4S. The van der Waals surface area contributed by atoms with Gasteiger partial charge in [0.25, 0.3) is 0 Å². The Morgan fingerprint density at radius 1 is 1.23 bits per heavy atom. The highest BCUT2D eigenvalue weighted by molar-refractivity contribution is 7.98. The zero-order chi connectivity index (χ0) is 19.9. The van der Waals surface area contributed by atoms with Crippen LogP contribution in [0.25, 0.3) is 0 Å². The molecular weight excluding hydrogens is 354 g/mol. The fraction of sp³-hybridized carbons (Fsp3) is 0.667. The van der Waals surface area contributed by atoms with Crippen LogP contribution in [0.2, 0.25) is 0 Å². The number of ether oxygens (including phenoxy) is 1. The van der Waals surface area contributed by atoms with E-state index in [4.69, 9.17) is 4.74 Å². The summed E-state index contributed by atoms with van der Waals surface area (Å²) >= 11 is 1.47. The molecule has 0 aliphatic carbocycles. The van der Waals surface area contributed by atoms with Crippen molar-refractivity contribution in [3.05, 3.63) is 17.0 Å². The first kappa shape index (κ1) is 22.4. The largest absolute Gasteiger partial charge is 0.480 e. The molecule has 1 aromatic rings. The average Bonchev–Trinajstić information content (AvgIpc) is 2.51. The lowest BCUT2D eigenvalue weighted by molar-refractivity contribution is -0.142. The zero-order valence-corrected chi connectivity index (χ0v) is 17.2. The molecule has 1 rings (SSSR count). The van der Waals surface area contributed by atoms with Crippen molar-refractivity contribution in [2.75, 3.05) is 12.9 Å². The van der Waals surface area contributed by atoms with Gasteiger partial charge in [-0.25, -0.2) is 14.8 Å². The van der Waals surface area contributed by atoms with Crippen molar-refractivity contribution in [3.8, 4) is 0 Å². The van der Waals surface area contributed by atoms with Crippen LogP contribution in [0.1, 0.15) is 50.6 Å². The quantitative estimate of drug-likeness (QED) is 0.499. The summed E-state index contributed by atoms with van der Waals surface area (Å²) in [5.41, 5.74) is 2.29. The molecule has 0 fully saturated rings. The number of rotatable bonds is 9. The summed E-state index contributed by atoms with van der Waals surface area (Å²) in [6, 6.07) is -0.956. The molecule has 0 saturated heterocycles. The van der Waals surface area contributed by atoms with Gasteiger partial charge < -0.3 is 15.2 Å². The minimum absolute atomic E-state index is 0.188. The Morgan fingerprint density at radius 2 is 1.81 bits per heavy atom. The van der Waals surface area contributed by atoms with Gasteiger partial charge in [0, 0.05) is 30.8 Å². The number of aromatic nitrogens is 2. The molecule has 2 N–H and O–H groups in total. The number of nitrogens with zero attached hydrogens (tertiary/aromatic N) is 2. The summed E-state index contributed by atoms with van der Waals surface area (Å²) < 4.78 is 5.54. The van der Waals surface area contributed by atoms with E-state index in [1.807, 2.05) is 40.9 Å². The Bertz CT molecular complexity index is 621. The normalized spacial score (nSPS) is 12.7. The van der Waals surface area contributed by atoms with E-state index < -0.39 is 12.0 Å². The van der Waals surface area contributed by atoms with Crippen molar-refractivity contribution in [1.82, 2.24) is 15.3 Å². The maximum Gasteiger partial charge on any atom is 0.326 e. The molecule has 0 radical (unpaired) electrons. The molecule has 1 unspecified atom stereocenters. The van der Waals surface area contributed by atoms with Crippen LogP contribution in [0.5, 0.6) is 0 Å². The highest BCUT2D eigenvalue weighted by Crippen LogP contribution is 2.17. The van der Waals surface area contributed by atoms with Crippen molar-refractivity contribution in [1.29, 1.82) is 0 Å². The van der Waals surface area contributed by atoms with Gasteiger partial charge in [-0.3, -0.25) is 4.79 Å². The molecule has 1 amide bonds. The number of amides is 1. The molecule has 1 atom stereocenters. The van der Waals surface area contributed by atoms with E-state index in [0.717, 1.165) is 17.0 Å². The summed E-state index contributed by atoms with van der Waals surface area (Å²) in [5.74, 6) is -1.36. The van der Waals surface area contributed by atoms with Crippen LogP contribution in [0.4, 0.5) is 0 Å². The molecule has 0 saturated carbocycles. The molecule has 8 heteroatoms. The van der Waals surface area contributed by atoms with E-state index in [0.29, 0.717) is 11.6 Å². The van der Waals surface area contributed by atoms with Gasteiger partial charge in [-0.1, -0.05) is 11.8 Å². The lowest BCUT2D eigenvalue weighted by atomic mass is 10.1. The third-order valence-corrected chi connectivity index (χ3v) is 4.31. The average molecular weight is 384 g/mol. The standard InChI is InChI=1S/C18H29N3O4S/c1-11-13(12(2)20-17(19-11)26-6)7-8-15(22)21-14(16(23)24)9-10-25-18(3,4)5/h14H,7-10H2,1-6H3,(H,21,22)(H,23,24). The van der Waals surface area contributed by atoms with Crippen LogP contribution in [-0.2, 0) is 20.7 Å². The third kappa shape index (κ3) is 7.70. The van der Waals surface area contributed by atoms with Gasteiger partial charge >= 0.3 is 5.97 Å². The van der Waals surface area contributed by atoms with Crippen LogP contribution >= 0.6 is 11.8 Å². The van der Waals surface area contributed by atoms with Crippen molar-refractivity contribution in [3.63, 3.8) is 0 Å². The summed E-state index contributed by atoms with van der Waals surface area (Å²) in [5, 5.41) is 12.6. The SMILES string of the molecule is CSc1nc(C)c(CCC(=O)NC(CCOC(C)(C)C)C(=O)O)c(C)n1. The molecule has 0 aliphatic rings. The van der Waals surface area contributed by atoms with Crippen LogP contribution in [-0.4, -0.2) is 51.5 Å². The van der Waals surface area contributed by atoms with Crippen molar-refractivity contribution in [2.45, 2.75) is 70.7 Å². The molecule has 0 aromatic carbocycles. The summed E-state index contributed by atoms with van der Waals surface area (Å²) in [4.78, 5) is 32.3. The summed E-state index contributed by atoms with van der Waals surface area (Å²) in [6.07, 6.45) is 2.80. The predicted octanol–water partition coefficient (Wildman–Crippen LogP) is 2.52. The fourth-order valence-corrected chi connectivity index (χ4v) is 2.86. The Kier molecular flexibility index (Phi) is 8.49. The fourth-order valence-electron chi connectivity index (χ4n) is 2.41. The van der Waals surface area contributed by atoms with E-state index in [1.165, 1.54) is 11.8 Å². The molecule has 0 bridgehead atoms. The maximum atomic E-state index is 12.2. The number of aliphatic carboxylic acids is 1. The van der Waals surface area contributed by atoms with Gasteiger partial charge in [-0.15, -0.1) is 0 Å². The first-order valence-corrected chi connectivity index (χ1v) is 9.80. The van der Waals surface area contributed by atoms with Gasteiger partial charge in [-0.05, 0) is 52.9 Å². The molecule has 1 aromatic heterocycles. The minimum atomic E-state index is -1.06. The van der Waals surface area contributed by atoms with Gasteiger partial charge in [-0.2, -0.15) is 0 Å². The van der Waals surface area contributed by atoms with E-state index >= 15 is 0 Å². The molecule has 0 aliphatic heterocycles. The highest BCUT2D eigenvalue weighted by atomic mass is 32.2. The lowest BCUT2D eigenvalue weighted by Crippen LogP contribution is -2.42. The van der Waals surface area contributed by atoms with Crippen molar-refractivity contribution in [2.24, 2.45) is 0 Å². The second-order valence-electron chi connectivity index (χ2n) is 7.07. The van der Waals surface area contributed by atoms with Crippen LogP contribution < -0.4 is 5.32 Å². The number of carboxylic acid groups (broad SMARTS) is 1.